The van der Waals surface area contributed by atoms with Crippen molar-refractivity contribution in [3.63, 3.8) is 0 Å². The number of amides is 2. The normalized spacial score (nSPS) is 12.6. The SMILES string of the molecule is CC(C)(C)c1cc(NC(=O)CCCc2ccc3ccc4cccc5ccc2c3c45)c2[nH]c3c(NC(=O)CCCc4ccc5ccc6cccc7ccc4c5c67)cc(C(C)(C)C)cc3c2c1. The zero-order chi connectivity index (χ0) is 44.8. The van der Waals surface area contributed by atoms with E-state index >= 15 is 0 Å². The molecular weight excluding hydrogens is 795 g/mol. The Bertz CT molecular complexity index is 3400. The van der Waals surface area contributed by atoms with E-state index in [9.17, 15) is 9.59 Å². The van der Waals surface area contributed by atoms with Crippen LogP contribution in [0.3, 0.4) is 0 Å². The van der Waals surface area contributed by atoms with Gasteiger partial charge in [0, 0.05) is 23.6 Å². The predicted molar refractivity (Wildman–Crippen MR) is 277 cm³/mol. The fraction of sp³-hybridized carbons (Fsp3) is 0.233. The Morgan fingerprint density at radius 3 is 1.17 bits per heavy atom. The number of anilines is 2. The average molecular weight is 850 g/mol. The first-order valence-electron chi connectivity index (χ1n) is 23.3. The van der Waals surface area contributed by atoms with Crippen molar-refractivity contribution >= 4 is 110 Å². The van der Waals surface area contributed by atoms with Crippen LogP contribution in [0.2, 0.25) is 0 Å². The maximum Gasteiger partial charge on any atom is 0.224 e. The van der Waals surface area contributed by atoms with Crippen LogP contribution in [0.1, 0.15) is 89.5 Å². The van der Waals surface area contributed by atoms with E-state index in [0.717, 1.165) is 70.0 Å². The first kappa shape index (κ1) is 40.8. The molecule has 0 unspecified atom stereocenters. The van der Waals surface area contributed by atoms with Gasteiger partial charge in [-0.05, 0) is 148 Å². The lowest BCUT2D eigenvalue weighted by Crippen LogP contribution is -2.15. The fourth-order valence-electron chi connectivity index (χ4n) is 10.5. The maximum atomic E-state index is 13.9. The molecule has 0 saturated heterocycles. The van der Waals surface area contributed by atoms with Gasteiger partial charge in [-0.2, -0.15) is 0 Å². The Hall–Kier alpha value is -6.98. The summed E-state index contributed by atoms with van der Waals surface area (Å²) in [6.45, 7) is 13.3. The number of hydrogen-bond donors (Lipinski definition) is 3. The summed E-state index contributed by atoms with van der Waals surface area (Å²) in [6.07, 6.45) is 3.87. The van der Waals surface area contributed by atoms with E-state index in [1.165, 1.54) is 75.8 Å². The first-order valence-corrected chi connectivity index (χ1v) is 23.3. The maximum absolute atomic E-state index is 13.9. The number of benzene rings is 10. The summed E-state index contributed by atoms with van der Waals surface area (Å²) in [5, 5.41) is 24.1. The molecule has 0 radical (unpaired) electrons. The van der Waals surface area contributed by atoms with Crippen molar-refractivity contribution in [2.24, 2.45) is 0 Å². The van der Waals surface area contributed by atoms with Crippen molar-refractivity contribution in [3.8, 4) is 0 Å². The lowest BCUT2D eigenvalue weighted by atomic mass is 9.84. The van der Waals surface area contributed by atoms with Gasteiger partial charge in [0.15, 0.2) is 0 Å². The van der Waals surface area contributed by atoms with Crippen LogP contribution < -0.4 is 10.6 Å². The second-order valence-electron chi connectivity index (χ2n) is 20.5. The van der Waals surface area contributed by atoms with E-state index in [4.69, 9.17) is 0 Å². The van der Waals surface area contributed by atoms with Gasteiger partial charge in [0.1, 0.15) is 0 Å². The molecule has 2 amide bonds. The highest BCUT2D eigenvalue weighted by atomic mass is 16.2. The van der Waals surface area contributed by atoms with Crippen LogP contribution >= 0.6 is 0 Å². The van der Waals surface area contributed by atoms with E-state index in [-0.39, 0.29) is 22.6 Å². The second-order valence-corrected chi connectivity index (χ2v) is 20.5. The minimum atomic E-state index is -0.167. The zero-order valence-corrected chi connectivity index (χ0v) is 38.3. The molecule has 0 saturated carbocycles. The summed E-state index contributed by atoms with van der Waals surface area (Å²) in [7, 11) is 0. The molecule has 1 aromatic heterocycles. The van der Waals surface area contributed by atoms with Crippen molar-refractivity contribution in [1.29, 1.82) is 0 Å². The van der Waals surface area contributed by atoms with Crippen LogP contribution in [-0.4, -0.2) is 16.8 Å². The first-order chi connectivity index (χ1) is 31.3. The Labute approximate surface area is 379 Å². The van der Waals surface area contributed by atoms with Crippen LogP contribution in [-0.2, 0) is 33.3 Å². The molecule has 10 aromatic carbocycles. The Morgan fingerprint density at radius 2 is 0.785 bits per heavy atom. The molecule has 1 heterocycles. The Balaban J connectivity index is 0.858. The molecule has 11 rings (SSSR count). The quantitative estimate of drug-likeness (QED) is 0.120. The highest BCUT2D eigenvalue weighted by molar-refractivity contribution is 6.25. The topological polar surface area (TPSA) is 74.0 Å². The molecule has 5 nitrogen and oxygen atoms in total. The van der Waals surface area contributed by atoms with E-state index in [1.807, 2.05) is 0 Å². The number of aryl methyl sites for hydroxylation is 2. The van der Waals surface area contributed by atoms with Crippen molar-refractivity contribution < 1.29 is 9.59 Å². The molecule has 0 aliphatic heterocycles. The van der Waals surface area contributed by atoms with Gasteiger partial charge < -0.3 is 15.6 Å². The predicted octanol–water partition coefficient (Wildman–Crippen LogP) is 15.6. The van der Waals surface area contributed by atoms with Crippen molar-refractivity contribution in [1.82, 2.24) is 4.98 Å². The van der Waals surface area contributed by atoms with Crippen molar-refractivity contribution in [2.45, 2.75) is 90.9 Å². The molecule has 0 atom stereocenters. The number of H-pyrrole nitrogens is 1. The number of aromatic nitrogens is 1. The summed E-state index contributed by atoms with van der Waals surface area (Å²) in [5.41, 5.74) is 7.73. The lowest BCUT2D eigenvalue weighted by molar-refractivity contribution is -0.117. The molecular formula is C60H55N3O2. The van der Waals surface area contributed by atoms with E-state index in [0.29, 0.717) is 12.8 Å². The molecule has 0 spiro atoms. The van der Waals surface area contributed by atoms with Gasteiger partial charge >= 0.3 is 0 Å². The molecule has 0 aliphatic rings. The van der Waals surface area contributed by atoms with Crippen LogP contribution in [0.15, 0.2) is 133 Å². The van der Waals surface area contributed by atoms with Crippen LogP contribution in [0.5, 0.6) is 0 Å². The Kier molecular flexibility index (Phi) is 9.62. The second kappa shape index (κ2) is 15.3. The summed E-state index contributed by atoms with van der Waals surface area (Å²) in [6, 6.07) is 48.5. The lowest BCUT2D eigenvalue weighted by Gasteiger charge is -2.22. The Morgan fingerprint density at radius 1 is 0.431 bits per heavy atom. The minimum absolute atomic E-state index is 0.0117. The summed E-state index contributed by atoms with van der Waals surface area (Å²) in [5.74, 6) is -0.0235. The third-order valence-corrected chi connectivity index (χ3v) is 14.0. The highest BCUT2D eigenvalue weighted by Gasteiger charge is 2.24. The number of nitrogens with one attached hydrogen (secondary N) is 3. The number of carbonyl (C=O) groups is 2. The van der Waals surface area contributed by atoms with Gasteiger partial charge in [0.25, 0.3) is 0 Å². The monoisotopic (exact) mass is 849 g/mol. The van der Waals surface area contributed by atoms with Gasteiger partial charge in [-0.25, -0.2) is 0 Å². The molecule has 3 N–H and O–H groups in total. The molecule has 0 fully saturated rings. The van der Waals surface area contributed by atoms with Crippen LogP contribution in [0.4, 0.5) is 11.4 Å². The number of fused-ring (bicyclic) bond motifs is 3. The molecule has 322 valence electrons. The smallest absolute Gasteiger partial charge is 0.224 e. The third-order valence-electron chi connectivity index (χ3n) is 14.0. The number of carbonyl (C=O) groups excluding carboxylic acids is 2. The highest BCUT2D eigenvalue weighted by Crippen LogP contribution is 2.42. The summed E-state index contributed by atoms with van der Waals surface area (Å²) >= 11 is 0. The largest absolute Gasteiger partial charge is 0.351 e. The van der Waals surface area contributed by atoms with Crippen molar-refractivity contribution in [2.75, 3.05) is 10.6 Å². The number of hydrogen-bond acceptors (Lipinski definition) is 2. The summed E-state index contributed by atoms with van der Waals surface area (Å²) in [4.78, 5) is 31.6. The molecule has 11 aromatic rings. The zero-order valence-electron chi connectivity index (χ0n) is 38.3. The standard InChI is InChI=1S/C60H55N3O2/c1-59(2,3)43-31-47-48-32-44(60(4,5)6)34-50(62-52(65)18-10-12-36-20-22-42-26-24-38-14-8-16-40-28-30-46(36)56(42)54(38)40)58(48)63-57(47)49(33-43)61-51(64)17-9-11-35-19-21-41-25-23-37-13-7-15-39-27-29-45(35)55(41)53(37)39/h7-8,13-16,19-34,63H,9-12,17-18H2,1-6H3,(H,61,64)(H,62,65). The molecule has 5 heteroatoms. The number of aromatic amines is 1. The van der Waals surface area contributed by atoms with E-state index in [2.05, 4.69) is 191 Å². The average Bonchev–Trinajstić information content (AvgIpc) is 3.67. The fourth-order valence-corrected chi connectivity index (χ4v) is 10.5. The minimum Gasteiger partial charge on any atom is -0.351 e. The van der Waals surface area contributed by atoms with Gasteiger partial charge in [-0.3, -0.25) is 9.59 Å². The van der Waals surface area contributed by atoms with E-state index in [1.54, 1.807) is 0 Å². The van der Waals surface area contributed by atoms with Crippen LogP contribution in [0.25, 0.3) is 86.4 Å². The third kappa shape index (κ3) is 7.18. The molecule has 65 heavy (non-hydrogen) atoms. The van der Waals surface area contributed by atoms with Gasteiger partial charge in [-0.15, -0.1) is 0 Å². The number of rotatable bonds is 10. The summed E-state index contributed by atoms with van der Waals surface area (Å²) < 4.78 is 0. The van der Waals surface area contributed by atoms with E-state index < -0.39 is 0 Å². The molecule has 0 bridgehead atoms. The van der Waals surface area contributed by atoms with Crippen molar-refractivity contribution in [3.05, 3.63) is 156 Å². The van der Waals surface area contributed by atoms with Gasteiger partial charge in [-0.1, -0.05) is 151 Å². The molecule has 0 aliphatic carbocycles. The van der Waals surface area contributed by atoms with Gasteiger partial charge in [0.2, 0.25) is 11.8 Å². The van der Waals surface area contributed by atoms with Crippen LogP contribution in [0, 0.1) is 0 Å². The van der Waals surface area contributed by atoms with Gasteiger partial charge in [0.05, 0.1) is 22.4 Å².